The zero-order valence-electron chi connectivity index (χ0n) is 27.7. The first kappa shape index (κ1) is 35.0. The molecule has 46 heavy (non-hydrogen) atoms. The Morgan fingerprint density at radius 2 is 1.61 bits per heavy atom. The van der Waals surface area contributed by atoms with Crippen molar-refractivity contribution in [3.8, 4) is 5.75 Å². The third kappa shape index (κ3) is 4.41. The molecule has 0 heterocycles. The van der Waals surface area contributed by atoms with Crippen molar-refractivity contribution in [2.75, 3.05) is 7.11 Å². The van der Waals surface area contributed by atoms with Crippen LogP contribution in [-0.2, 0) is 30.3 Å². The molecule has 0 aliphatic heterocycles. The fraction of sp³-hybridized carbons (Fsp3) is 0.571. The number of allylic oxidation sites excluding steroid dienone is 1. The summed E-state index contributed by atoms with van der Waals surface area (Å²) in [5, 5.41) is 59.1. The minimum Gasteiger partial charge on any atom is -0.511 e. The van der Waals surface area contributed by atoms with Gasteiger partial charge in [0.25, 0.3) is 0 Å². The number of aromatic hydroxyl groups is 1. The molecule has 2 unspecified atom stereocenters. The van der Waals surface area contributed by atoms with Gasteiger partial charge in [-0.3, -0.25) is 24.0 Å². The number of methoxy groups -OCH3 is 1. The average molecular weight is 641 g/mol. The average Bonchev–Trinajstić information content (AvgIpc) is 2.96. The summed E-state index contributed by atoms with van der Waals surface area (Å²) in [6.45, 7) is 12.4. The van der Waals surface area contributed by atoms with Gasteiger partial charge in [-0.15, -0.1) is 0 Å². The third-order valence-corrected chi connectivity index (χ3v) is 11.1. The van der Waals surface area contributed by atoms with E-state index in [2.05, 4.69) is 0 Å². The summed E-state index contributed by atoms with van der Waals surface area (Å²) in [7, 11) is 1.23. The zero-order chi connectivity index (χ0) is 35.0. The number of aliphatic hydroxyl groups is 4. The molecule has 1 aromatic rings. The highest BCUT2D eigenvalue weighted by molar-refractivity contribution is 6.25. The predicted octanol–water partition coefficient (Wildman–Crippen LogP) is 3.83. The first-order chi connectivity index (χ1) is 21.2. The Morgan fingerprint density at radius 3 is 2.11 bits per heavy atom. The van der Waals surface area contributed by atoms with Crippen LogP contribution in [0, 0.1) is 34.5 Å². The Labute approximate surface area is 268 Å². The highest BCUT2D eigenvalue weighted by atomic mass is 16.5. The van der Waals surface area contributed by atoms with E-state index < -0.39 is 104 Å². The lowest BCUT2D eigenvalue weighted by molar-refractivity contribution is -0.211. The molecular formula is C35H44O11. The fourth-order valence-corrected chi connectivity index (χ4v) is 8.40. The zero-order valence-corrected chi connectivity index (χ0v) is 27.7. The van der Waals surface area contributed by atoms with Gasteiger partial charge in [0, 0.05) is 35.2 Å². The molecule has 0 amide bonds. The van der Waals surface area contributed by atoms with Crippen molar-refractivity contribution >= 4 is 29.1 Å². The largest absolute Gasteiger partial charge is 0.511 e. The van der Waals surface area contributed by atoms with Gasteiger partial charge in [-0.25, -0.2) is 0 Å². The van der Waals surface area contributed by atoms with Crippen molar-refractivity contribution in [3.05, 3.63) is 51.5 Å². The molecule has 250 valence electrons. The number of fused-ring (bicyclic) bond motifs is 3. The number of benzene rings is 1. The minimum absolute atomic E-state index is 0.0839. The highest BCUT2D eigenvalue weighted by Gasteiger charge is 2.76. The molecule has 4 rings (SSSR count). The summed E-state index contributed by atoms with van der Waals surface area (Å²) in [5.41, 5.74) is -7.76. The van der Waals surface area contributed by atoms with Crippen molar-refractivity contribution in [2.45, 2.75) is 85.9 Å². The SMILES string of the molecule is COC(=O)C(CC(=O)Cc1ccc2c(c1O)C(=O)C1=C(O)[C@@]3(O)C(=O)C(C(C)=O)=C(O)C(C(C)C)[C@@]3(C)[C@H](O)[C@@]1(C)[C@@H]2C)C(C)C. The standard InChI is InChI=1S/C35H44O11/c1-14(2)21(31(43)46-9)13-19(37)12-18-10-11-20-16(5)33(7)25(28(40)23(20)26(18)38)30(42)35(45)29(41)22(17(6)36)27(39)24(15(3)4)34(35,8)32(33)44/h10-11,14-16,21,24,32,38-39,42,44-45H,12-13H2,1-9H3/t16-,21?,24?,32-,33+,34+,35+/m1/s1. The normalized spacial score (nSPS) is 31.5. The number of phenolic OH excluding ortho intramolecular Hbond substituents is 1. The molecule has 3 aliphatic carbocycles. The molecule has 7 atom stereocenters. The second-order valence-electron chi connectivity index (χ2n) is 14.2. The van der Waals surface area contributed by atoms with Crippen LogP contribution >= 0.6 is 0 Å². The van der Waals surface area contributed by atoms with Crippen LogP contribution in [-0.4, -0.2) is 73.4 Å². The Morgan fingerprint density at radius 1 is 1.02 bits per heavy atom. The molecule has 0 bridgehead atoms. The number of rotatable bonds is 8. The molecule has 5 N–H and O–H groups in total. The van der Waals surface area contributed by atoms with E-state index in [0.29, 0.717) is 5.56 Å². The number of esters is 1. The quantitative estimate of drug-likeness (QED) is 0.205. The Hall–Kier alpha value is -3.83. The van der Waals surface area contributed by atoms with Crippen LogP contribution in [0.15, 0.2) is 34.8 Å². The molecule has 11 nitrogen and oxygen atoms in total. The van der Waals surface area contributed by atoms with E-state index in [4.69, 9.17) is 4.74 Å². The van der Waals surface area contributed by atoms with Gasteiger partial charge in [0.2, 0.25) is 5.78 Å². The minimum atomic E-state index is -2.99. The number of aliphatic hydroxyl groups excluding tert-OH is 3. The van der Waals surface area contributed by atoms with Crippen LogP contribution in [0.25, 0.3) is 0 Å². The number of ether oxygens (including phenoxy) is 1. The Bertz CT molecular complexity index is 1610. The van der Waals surface area contributed by atoms with Gasteiger partial charge in [0.1, 0.15) is 28.6 Å². The predicted molar refractivity (Wildman–Crippen MR) is 165 cm³/mol. The monoisotopic (exact) mass is 640 g/mol. The number of Topliss-reactive ketones (excluding diaryl/α,β-unsaturated/α-hetero) is 4. The van der Waals surface area contributed by atoms with Crippen LogP contribution < -0.4 is 0 Å². The molecule has 0 saturated heterocycles. The highest BCUT2D eigenvalue weighted by Crippen LogP contribution is 2.67. The molecule has 3 aliphatic rings. The number of carbonyl (C=O) groups excluding carboxylic acids is 5. The van der Waals surface area contributed by atoms with Crippen LogP contribution in [0.3, 0.4) is 0 Å². The van der Waals surface area contributed by atoms with E-state index in [0.717, 1.165) is 6.92 Å². The van der Waals surface area contributed by atoms with E-state index >= 15 is 0 Å². The van der Waals surface area contributed by atoms with Crippen LogP contribution in [0.4, 0.5) is 0 Å². The molecule has 0 radical (unpaired) electrons. The smallest absolute Gasteiger partial charge is 0.309 e. The molecule has 0 saturated carbocycles. The summed E-state index contributed by atoms with van der Waals surface area (Å²) < 4.78 is 4.82. The first-order valence-electron chi connectivity index (χ1n) is 15.5. The maximum Gasteiger partial charge on any atom is 0.309 e. The van der Waals surface area contributed by atoms with Crippen LogP contribution in [0.1, 0.15) is 89.2 Å². The van der Waals surface area contributed by atoms with Crippen molar-refractivity contribution in [1.29, 1.82) is 0 Å². The van der Waals surface area contributed by atoms with Gasteiger partial charge in [-0.2, -0.15) is 0 Å². The van der Waals surface area contributed by atoms with Crippen molar-refractivity contribution in [2.24, 2.45) is 34.5 Å². The number of carbonyl (C=O) groups is 5. The van der Waals surface area contributed by atoms with Crippen LogP contribution in [0.5, 0.6) is 5.75 Å². The summed E-state index contributed by atoms with van der Waals surface area (Å²) in [6.07, 6.45) is -2.22. The number of ketones is 4. The van der Waals surface area contributed by atoms with E-state index in [9.17, 15) is 49.5 Å². The molecule has 11 heteroatoms. The number of phenols is 1. The Balaban J connectivity index is 1.92. The van der Waals surface area contributed by atoms with E-state index in [1.54, 1.807) is 40.7 Å². The van der Waals surface area contributed by atoms with E-state index in [1.165, 1.54) is 27.0 Å². The second-order valence-corrected chi connectivity index (χ2v) is 14.2. The third-order valence-electron chi connectivity index (χ3n) is 11.1. The fourth-order valence-electron chi connectivity index (χ4n) is 8.40. The van der Waals surface area contributed by atoms with Crippen molar-refractivity contribution < 1.29 is 54.2 Å². The summed E-state index contributed by atoms with van der Waals surface area (Å²) >= 11 is 0. The van der Waals surface area contributed by atoms with E-state index in [-0.39, 0.29) is 29.9 Å². The Kier molecular flexibility index (Phi) is 8.72. The lowest BCUT2D eigenvalue weighted by atomic mass is 9.41. The maximum atomic E-state index is 14.3. The summed E-state index contributed by atoms with van der Waals surface area (Å²) in [5.74, 6) is -9.78. The van der Waals surface area contributed by atoms with Crippen molar-refractivity contribution in [3.63, 3.8) is 0 Å². The second kappa shape index (κ2) is 11.5. The number of hydrogen-bond donors (Lipinski definition) is 5. The topological polar surface area (TPSA) is 196 Å². The van der Waals surface area contributed by atoms with E-state index in [1.807, 2.05) is 0 Å². The molecule has 0 aromatic heterocycles. The molecule has 1 aromatic carbocycles. The molecular weight excluding hydrogens is 596 g/mol. The van der Waals surface area contributed by atoms with Gasteiger partial charge >= 0.3 is 5.97 Å². The summed E-state index contributed by atoms with van der Waals surface area (Å²) in [4.78, 5) is 66.1. The lowest BCUT2D eigenvalue weighted by Crippen LogP contribution is -2.73. The van der Waals surface area contributed by atoms with Gasteiger partial charge in [-0.1, -0.05) is 60.6 Å². The molecule has 0 spiro atoms. The van der Waals surface area contributed by atoms with Gasteiger partial charge in [-0.05, 0) is 30.2 Å². The maximum absolute atomic E-state index is 14.3. The first-order valence-corrected chi connectivity index (χ1v) is 15.5. The van der Waals surface area contributed by atoms with Gasteiger partial charge < -0.3 is 30.3 Å². The number of hydrogen-bond acceptors (Lipinski definition) is 11. The van der Waals surface area contributed by atoms with Crippen molar-refractivity contribution in [1.82, 2.24) is 0 Å². The molecule has 0 fully saturated rings. The summed E-state index contributed by atoms with van der Waals surface area (Å²) in [6, 6.07) is 3.03. The van der Waals surface area contributed by atoms with Gasteiger partial charge in [0.05, 0.1) is 30.3 Å². The van der Waals surface area contributed by atoms with Gasteiger partial charge in [0.15, 0.2) is 17.2 Å². The lowest BCUT2D eigenvalue weighted by Gasteiger charge is -2.63. The van der Waals surface area contributed by atoms with Crippen LogP contribution in [0.2, 0.25) is 0 Å².